The van der Waals surface area contributed by atoms with E-state index < -0.39 is 0 Å². The Labute approximate surface area is 162 Å². The average Bonchev–Trinajstić information content (AvgIpc) is 3.03. The molecule has 0 amide bonds. The lowest BCUT2D eigenvalue weighted by Gasteiger charge is -2.19. The van der Waals surface area contributed by atoms with E-state index in [4.69, 9.17) is 0 Å². The largest absolute Gasteiger partial charge is 0.236 e. The summed E-state index contributed by atoms with van der Waals surface area (Å²) in [6, 6.07) is 21.9. The average molecular weight is 369 g/mol. The van der Waals surface area contributed by atoms with Crippen LogP contribution in [0, 0.1) is 0 Å². The second-order valence-corrected chi connectivity index (χ2v) is 9.06. The van der Waals surface area contributed by atoms with Crippen molar-refractivity contribution in [1.29, 1.82) is 0 Å². The Kier molecular flexibility index (Phi) is 3.56. The van der Waals surface area contributed by atoms with Crippen LogP contribution in [0.15, 0.2) is 67.0 Å². The minimum atomic E-state index is 0.146. The van der Waals surface area contributed by atoms with Crippen LogP contribution in [0.1, 0.15) is 26.3 Å². The fraction of sp³-hybridized carbons (Fsp3) is 0.167. The van der Waals surface area contributed by atoms with Gasteiger partial charge in [0.25, 0.3) is 0 Å². The molecular formula is C24H20N2S. The van der Waals surface area contributed by atoms with Crippen LogP contribution in [0.5, 0.6) is 0 Å². The van der Waals surface area contributed by atoms with Gasteiger partial charge in [-0.3, -0.25) is 0 Å². The molecule has 3 aromatic carbocycles. The van der Waals surface area contributed by atoms with Gasteiger partial charge in [0.2, 0.25) is 0 Å². The molecule has 0 aliphatic rings. The second kappa shape index (κ2) is 5.86. The number of nitrogens with zero attached hydrogens (tertiary/aromatic N) is 2. The molecule has 0 aliphatic heterocycles. The highest BCUT2D eigenvalue weighted by atomic mass is 32.1. The van der Waals surface area contributed by atoms with E-state index in [-0.39, 0.29) is 5.41 Å². The SMILES string of the molecule is CC(C)(C)c1ccc(-c2ncnc3sc4cc5ccccc5cc4c23)cc1. The van der Waals surface area contributed by atoms with Crippen LogP contribution in [-0.2, 0) is 5.41 Å². The molecule has 0 radical (unpaired) electrons. The van der Waals surface area contributed by atoms with E-state index in [0.717, 1.165) is 21.5 Å². The third-order valence-electron chi connectivity index (χ3n) is 5.16. The number of hydrogen-bond donors (Lipinski definition) is 0. The van der Waals surface area contributed by atoms with Gasteiger partial charge < -0.3 is 0 Å². The molecule has 27 heavy (non-hydrogen) atoms. The zero-order chi connectivity index (χ0) is 18.6. The lowest BCUT2D eigenvalue weighted by Crippen LogP contribution is -2.10. The molecule has 0 unspecified atom stereocenters. The second-order valence-electron chi connectivity index (χ2n) is 8.03. The Hall–Kier alpha value is -2.78. The van der Waals surface area contributed by atoms with E-state index in [0.29, 0.717) is 0 Å². The lowest BCUT2D eigenvalue weighted by atomic mass is 9.86. The first kappa shape index (κ1) is 16.4. The predicted molar refractivity (Wildman–Crippen MR) is 117 cm³/mol. The smallest absolute Gasteiger partial charge is 0.128 e. The number of thiophene rings is 1. The summed E-state index contributed by atoms with van der Waals surface area (Å²) in [5.41, 5.74) is 3.64. The summed E-state index contributed by atoms with van der Waals surface area (Å²) in [6.45, 7) is 6.72. The number of benzene rings is 3. The standard InChI is InChI=1S/C24H20N2S/c1-24(2,3)18-10-8-15(9-11-18)22-21-19-12-16-6-4-5-7-17(16)13-20(19)27-23(21)26-14-25-22/h4-14H,1-3H3. The first-order valence-electron chi connectivity index (χ1n) is 9.18. The quantitative estimate of drug-likeness (QED) is 0.319. The fourth-order valence-corrected chi connectivity index (χ4v) is 4.71. The van der Waals surface area contributed by atoms with E-state index >= 15 is 0 Å². The van der Waals surface area contributed by atoms with Gasteiger partial charge in [0, 0.05) is 21.0 Å². The monoisotopic (exact) mass is 368 g/mol. The summed E-state index contributed by atoms with van der Waals surface area (Å²) in [5.74, 6) is 0. The highest BCUT2D eigenvalue weighted by Gasteiger charge is 2.16. The lowest BCUT2D eigenvalue weighted by molar-refractivity contribution is 0.590. The Balaban J connectivity index is 1.78. The van der Waals surface area contributed by atoms with Crippen molar-refractivity contribution in [3.05, 3.63) is 72.6 Å². The molecule has 132 valence electrons. The van der Waals surface area contributed by atoms with Gasteiger partial charge in [-0.15, -0.1) is 11.3 Å². The molecule has 0 aliphatic carbocycles. The number of rotatable bonds is 1. The molecule has 0 N–H and O–H groups in total. The summed E-state index contributed by atoms with van der Waals surface area (Å²) in [5, 5.41) is 4.92. The van der Waals surface area contributed by atoms with E-state index in [9.17, 15) is 0 Å². The van der Waals surface area contributed by atoms with Crippen LogP contribution in [-0.4, -0.2) is 9.97 Å². The molecule has 3 heteroatoms. The van der Waals surface area contributed by atoms with Gasteiger partial charge in [0.05, 0.1) is 5.69 Å². The summed E-state index contributed by atoms with van der Waals surface area (Å²) in [6.07, 6.45) is 1.68. The molecule has 2 aromatic heterocycles. The molecule has 2 nitrogen and oxygen atoms in total. The molecule has 0 fully saturated rings. The van der Waals surface area contributed by atoms with Crippen molar-refractivity contribution in [1.82, 2.24) is 9.97 Å². The van der Waals surface area contributed by atoms with Crippen molar-refractivity contribution in [2.24, 2.45) is 0 Å². The zero-order valence-electron chi connectivity index (χ0n) is 15.7. The van der Waals surface area contributed by atoms with Gasteiger partial charge in [0.1, 0.15) is 11.2 Å². The van der Waals surface area contributed by atoms with E-state index in [1.165, 1.54) is 26.4 Å². The molecule has 5 rings (SSSR count). The third-order valence-corrected chi connectivity index (χ3v) is 6.22. The summed E-state index contributed by atoms with van der Waals surface area (Å²) in [7, 11) is 0. The van der Waals surface area contributed by atoms with Crippen molar-refractivity contribution in [3.63, 3.8) is 0 Å². The van der Waals surface area contributed by atoms with Crippen LogP contribution >= 0.6 is 11.3 Å². The highest BCUT2D eigenvalue weighted by molar-refractivity contribution is 7.25. The topological polar surface area (TPSA) is 25.8 Å². The molecule has 5 aromatic rings. The van der Waals surface area contributed by atoms with Crippen LogP contribution < -0.4 is 0 Å². The van der Waals surface area contributed by atoms with Gasteiger partial charge >= 0.3 is 0 Å². The zero-order valence-corrected chi connectivity index (χ0v) is 16.5. The maximum atomic E-state index is 4.67. The van der Waals surface area contributed by atoms with Gasteiger partial charge in [-0.25, -0.2) is 9.97 Å². The molecule has 0 bridgehead atoms. The first-order chi connectivity index (χ1) is 13.0. The minimum Gasteiger partial charge on any atom is -0.236 e. The van der Waals surface area contributed by atoms with Crippen LogP contribution in [0.2, 0.25) is 0 Å². The summed E-state index contributed by atoms with van der Waals surface area (Å²) < 4.78 is 1.26. The maximum absolute atomic E-state index is 4.67. The Morgan fingerprint density at radius 1 is 0.815 bits per heavy atom. The van der Waals surface area contributed by atoms with Crippen LogP contribution in [0.4, 0.5) is 0 Å². The van der Waals surface area contributed by atoms with Gasteiger partial charge in [-0.1, -0.05) is 69.3 Å². The van der Waals surface area contributed by atoms with Crippen molar-refractivity contribution in [3.8, 4) is 11.3 Å². The van der Waals surface area contributed by atoms with Crippen LogP contribution in [0.25, 0.3) is 42.3 Å². The van der Waals surface area contributed by atoms with Gasteiger partial charge in [-0.2, -0.15) is 0 Å². The van der Waals surface area contributed by atoms with E-state index in [1.807, 2.05) is 0 Å². The Morgan fingerprint density at radius 2 is 1.52 bits per heavy atom. The number of aromatic nitrogens is 2. The van der Waals surface area contributed by atoms with Crippen LogP contribution in [0.3, 0.4) is 0 Å². The Morgan fingerprint density at radius 3 is 2.22 bits per heavy atom. The number of hydrogen-bond acceptors (Lipinski definition) is 3. The van der Waals surface area contributed by atoms with E-state index in [2.05, 4.69) is 91.4 Å². The molecule has 2 heterocycles. The minimum absolute atomic E-state index is 0.146. The first-order valence-corrected chi connectivity index (χ1v) is 9.99. The van der Waals surface area contributed by atoms with E-state index in [1.54, 1.807) is 17.7 Å². The summed E-state index contributed by atoms with van der Waals surface area (Å²) >= 11 is 1.74. The van der Waals surface area contributed by atoms with Gasteiger partial charge in [0.15, 0.2) is 0 Å². The summed E-state index contributed by atoms with van der Waals surface area (Å²) in [4.78, 5) is 10.3. The van der Waals surface area contributed by atoms with Crippen molar-refractivity contribution >= 4 is 42.4 Å². The molecule has 0 saturated carbocycles. The van der Waals surface area contributed by atoms with Crippen molar-refractivity contribution < 1.29 is 0 Å². The Bertz CT molecular complexity index is 1290. The third kappa shape index (κ3) is 2.70. The highest BCUT2D eigenvalue weighted by Crippen LogP contribution is 2.39. The number of fused-ring (bicyclic) bond motifs is 4. The molecule has 0 spiro atoms. The predicted octanol–water partition coefficient (Wildman–Crippen LogP) is 6.96. The van der Waals surface area contributed by atoms with Crippen molar-refractivity contribution in [2.45, 2.75) is 26.2 Å². The fourth-order valence-electron chi connectivity index (χ4n) is 3.64. The van der Waals surface area contributed by atoms with Crippen molar-refractivity contribution in [2.75, 3.05) is 0 Å². The molecule has 0 saturated heterocycles. The molecule has 0 atom stereocenters. The molecular weight excluding hydrogens is 348 g/mol. The van der Waals surface area contributed by atoms with Gasteiger partial charge in [-0.05, 0) is 33.9 Å². The maximum Gasteiger partial charge on any atom is 0.128 e. The normalized spacial score (nSPS) is 12.3.